The maximum absolute atomic E-state index is 4.67. The van der Waals surface area contributed by atoms with E-state index in [2.05, 4.69) is 66.8 Å². The van der Waals surface area contributed by atoms with Gasteiger partial charge in [-0.15, -0.1) is 39.3 Å². The van der Waals surface area contributed by atoms with Crippen molar-refractivity contribution in [3.05, 3.63) is 16.0 Å². The van der Waals surface area contributed by atoms with E-state index >= 15 is 0 Å². The maximum atomic E-state index is 4.67. The molecule has 0 amide bonds. The first-order valence-electron chi connectivity index (χ1n) is 30.3. The summed E-state index contributed by atoms with van der Waals surface area (Å²) < 4.78 is 0. The normalized spacial score (nSPS) is 10.9. The molecule has 0 aromatic rings. The predicted octanol–water partition coefficient (Wildman–Crippen LogP) is 23.6. The Labute approximate surface area is 431 Å². The van der Waals surface area contributed by atoms with Crippen molar-refractivity contribution in [2.75, 3.05) is 39.3 Å². The third-order valence-corrected chi connectivity index (χ3v) is 13.0. The second kappa shape index (κ2) is 79.0. The SMILES string of the molecule is CCCCCCCCCC[N-]CCCCCCCCCC.CCCCCCCCCC[N-]CCCCCCCCCC.CCCCCCCCCC[N-]CCCCCCCCCC.[Cl][Ti+3]. The fraction of sp³-hybridized carbons (Fsp3) is 1.00. The molecule has 0 aliphatic rings. The minimum atomic E-state index is 1.12. The van der Waals surface area contributed by atoms with Crippen LogP contribution in [0.4, 0.5) is 0 Å². The molecule has 0 aliphatic carbocycles. The first kappa shape index (κ1) is 72.4. The van der Waals surface area contributed by atoms with Crippen LogP contribution in [-0.4, -0.2) is 39.3 Å². The van der Waals surface area contributed by atoms with Gasteiger partial charge in [-0.25, -0.2) is 0 Å². The van der Waals surface area contributed by atoms with Crippen LogP contribution in [0.25, 0.3) is 16.0 Å². The summed E-state index contributed by atoms with van der Waals surface area (Å²) in [5.74, 6) is 0. The summed E-state index contributed by atoms with van der Waals surface area (Å²) in [5, 5.41) is 14.0. The summed E-state index contributed by atoms with van der Waals surface area (Å²) >= 11 is 1.47. The quantitative estimate of drug-likeness (QED) is 0.0431. The van der Waals surface area contributed by atoms with Gasteiger partial charge in [-0.3, -0.25) is 0 Å². The molecule has 0 aliphatic heterocycles. The zero-order valence-corrected chi connectivity index (χ0v) is 48.7. The molecule has 0 atom stereocenters. The Morgan fingerprint density at radius 3 is 0.369 bits per heavy atom. The second-order valence-electron chi connectivity index (χ2n) is 19.9. The molecule has 0 radical (unpaired) electrons. The van der Waals surface area contributed by atoms with Crippen molar-refractivity contribution in [3.63, 3.8) is 0 Å². The zero-order chi connectivity index (χ0) is 48.3. The summed E-state index contributed by atoms with van der Waals surface area (Å²) in [6, 6.07) is 0. The zero-order valence-electron chi connectivity index (χ0n) is 46.4. The van der Waals surface area contributed by atoms with Crippen molar-refractivity contribution in [1.82, 2.24) is 0 Å². The average molecular weight is 973 g/mol. The molecule has 0 bridgehead atoms. The average Bonchev–Trinajstić information content (AvgIpc) is 3.33. The minimum absolute atomic E-state index is 1.12. The van der Waals surface area contributed by atoms with Crippen molar-refractivity contribution in [2.45, 2.75) is 350 Å². The monoisotopic (exact) mass is 972 g/mol. The molecule has 0 rings (SSSR count). The molecule has 0 spiro atoms. The van der Waals surface area contributed by atoms with E-state index in [1.54, 1.807) is 0 Å². The Hall–Kier alpha value is 0.884. The Morgan fingerprint density at radius 1 is 0.169 bits per heavy atom. The molecule has 0 heterocycles. The third-order valence-electron chi connectivity index (χ3n) is 13.0. The topological polar surface area (TPSA) is 42.3 Å². The molecular weight excluding hydrogens is 846 g/mol. The van der Waals surface area contributed by atoms with Crippen molar-refractivity contribution in [2.24, 2.45) is 0 Å². The predicted molar refractivity (Wildman–Crippen MR) is 301 cm³/mol. The van der Waals surface area contributed by atoms with Crippen molar-refractivity contribution in [3.8, 4) is 0 Å². The Bertz CT molecular complexity index is 553. The molecule has 0 aromatic carbocycles. The summed E-state index contributed by atoms with van der Waals surface area (Å²) in [6.07, 6.45) is 67.6. The molecule has 0 fully saturated rings. The van der Waals surface area contributed by atoms with E-state index < -0.39 is 0 Å². The number of hydrogen-bond acceptors (Lipinski definition) is 0. The summed E-state index contributed by atoms with van der Waals surface area (Å²) in [4.78, 5) is 0. The summed E-state index contributed by atoms with van der Waals surface area (Å²) in [6.45, 7) is 20.4. The van der Waals surface area contributed by atoms with E-state index in [0.29, 0.717) is 0 Å². The molecule has 65 heavy (non-hydrogen) atoms. The van der Waals surface area contributed by atoms with Crippen LogP contribution in [-0.2, 0) is 19.4 Å². The molecule has 0 N–H and O–H groups in total. The van der Waals surface area contributed by atoms with Gasteiger partial charge in [0.1, 0.15) is 0 Å². The van der Waals surface area contributed by atoms with Crippen LogP contribution >= 0.6 is 9.30 Å². The first-order chi connectivity index (χ1) is 32.2. The van der Waals surface area contributed by atoms with E-state index in [9.17, 15) is 0 Å². The van der Waals surface area contributed by atoms with Crippen LogP contribution < -0.4 is 0 Å². The van der Waals surface area contributed by atoms with Gasteiger partial charge in [0.25, 0.3) is 0 Å². The standard InChI is InChI=1S/3C20H42N.ClH.Ti/c3*1-3-5-7-9-11-13-15-17-19-21-20-18-16-14-12-10-8-6-4-2;;/h3*3-20H2,1-2H3;1H;/q3*-1;;+4/p-1. The van der Waals surface area contributed by atoms with E-state index in [0.717, 1.165) is 39.3 Å². The van der Waals surface area contributed by atoms with E-state index in [1.807, 2.05) is 0 Å². The van der Waals surface area contributed by atoms with Gasteiger partial charge in [0.15, 0.2) is 0 Å². The Balaban J connectivity index is -0.000000421. The molecular formula is C60H126ClN3Ti. The van der Waals surface area contributed by atoms with Crippen LogP contribution in [0, 0.1) is 0 Å². The van der Waals surface area contributed by atoms with Crippen LogP contribution in [0.1, 0.15) is 350 Å². The summed E-state index contributed by atoms with van der Waals surface area (Å²) in [5.41, 5.74) is 0. The molecule has 0 aromatic heterocycles. The second-order valence-corrected chi connectivity index (χ2v) is 19.9. The van der Waals surface area contributed by atoms with Crippen LogP contribution in [0.2, 0.25) is 0 Å². The van der Waals surface area contributed by atoms with Gasteiger partial charge < -0.3 is 16.0 Å². The fourth-order valence-electron chi connectivity index (χ4n) is 8.48. The molecule has 5 heteroatoms. The molecule has 392 valence electrons. The van der Waals surface area contributed by atoms with Crippen molar-refractivity contribution < 1.29 is 19.4 Å². The molecule has 3 nitrogen and oxygen atoms in total. The van der Waals surface area contributed by atoms with Crippen molar-refractivity contribution in [1.29, 1.82) is 0 Å². The van der Waals surface area contributed by atoms with Crippen LogP contribution in [0.3, 0.4) is 0 Å². The molecule has 0 saturated carbocycles. The number of hydrogen-bond donors (Lipinski definition) is 0. The number of halogens is 1. The Kier molecular flexibility index (Phi) is 88.1. The van der Waals surface area contributed by atoms with Crippen LogP contribution in [0.15, 0.2) is 0 Å². The van der Waals surface area contributed by atoms with Gasteiger partial charge in [-0.1, -0.05) is 350 Å². The van der Waals surface area contributed by atoms with Gasteiger partial charge >= 0.3 is 28.7 Å². The van der Waals surface area contributed by atoms with Gasteiger partial charge in [-0.05, 0) is 0 Å². The fourth-order valence-corrected chi connectivity index (χ4v) is 8.48. The van der Waals surface area contributed by atoms with Gasteiger partial charge in [0.05, 0.1) is 0 Å². The summed E-state index contributed by atoms with van der Waals surface area (Å²) in [7, 11) is 4.64. The van der Waals surface area contributed by atoms with Gasteiger partial charge in [0, 0.05) is 0 Å². The van der Waals surface area contributed by atoms with E-state index in [4.69, 9.17) is 0 Å². The Morgan fingerprint density at radius 2 is 0.262 bits per heavy atom. The first-order valence-corrected chi connectivity index (χ1v) is 32.5. The molecule has 0 saturated heterocycles. The van der Waals surface area contributed by atoms with Crippen molar-refractivity contribution >= 4 is 9.30 Å². The number of unbranched alkanes of at least 4 members (excludes halogenated alkanes) is 42. The van der Waals surface area contributed by atoms with Gasteiger partial charge in [-0.2, -0.15) is 0 Å². The van der Waals surface area contributed by atoms with Gasteiger partial charge in [0.2, 0.25) is 0 Å². The third kappa shape index (κ3) is 85.2. The number of nitrogens with zero attached hydrogens (tertiary/aromatic N) is 3. The molecule has 0 unspecified atom stereocenters. The van der Waals surface area contributed by atoms with E-state index in [-0.39, 0.29) is 0 Å². The number of rotatable bonds is 54. The van der Waals surface area contributed by atoms with E-state index in [1.165, 1.54) is 328 Å². The van der Waals surface area contributed by atoms with Crippen LogP contribution in [0.5, 0.6) is 0 Å².